The molecule has 1 N–H and O–H groups in total. The number of benzene rings is 1. The van der Waals surface area contributed by atoms with Crippen LogP contribution < -0.4 is 5.32 Å². The highest BCUT2D eigenvalue weighted by atomic mass is 16.2. The van der Waals surface area contributed by atoms with Gasteiger partial charge >= 0.3 is 0 Å². The lowest BCUT2D eigenvalue weighted by Gasteiger charge is -2.12. The third-order valence-corrected chi connectivity index (χ3v) is 3.77. The van der Waals surface area contributed by atoms with Crippen molar-refractivity contribution in [2.75, 3.05) is 0 Å². The molecule has 1 aromatic carbocycles. The molecule has 1 amide bonds. The molecule has 2 rings (SSSR count). The molecular formula is C17H25N5O. The number of unbranched alkanes of at least 4 members (excludes halogenated alkanes) is 2. The largest absolute Gasteiger partial charge is 0.352 e. The van der Waals surface area contributed by atoms with Crippen LogP contribution >= 0.6 is 0 Å². The van der Waals surface area contributed by atoms with E-state index in [1.54, 1.807) is 0 Å². The zero-order chi connectivity index (χ0) is 16.7. The quantitative estimate of drug-likeness (QED) is 0.760. The second kappa shape index (κ2) is 8.41. The van der Waals surface area contributed by atoms with Gasteiger partial charge in [-0.2, -0.15) is 4.80 Å². The number of rotatable bonds is 8. The Morgan fingerprint density at radius 1 is 1.30 bits per heavy atom. The third kappa shape index (κ3) is 5.16. The number of carbonyl (C=O) groups excluding carboxylic acids is 1. The second-order valence-electron chi connectivity index (χ2n) is 5.92. The third-order valence-electron chi connectivity index (χ3n) is 3.77. The minimum atomic E-state index is -0.0808. The zero-order valence-electron chi connectivity index (χ0n) is 14.1. The Morgan fingerprint density at radius 3 is 2.83 bits per heavy atom. The fraction of sp³-hybridized carbons (Fsp3) is 0.529. The van der Waals surface area contributed by atoms with Gasteiger partial charge in [0.15, 0.2) is 0 Å². The molecule has 0 aliphatic carbocycles. The van der Waals surface area contributed by atoms with Gasteiger partial charge in [0.25, 0.3) is 0 Å². The van der Waals surface area contributed by atoms with E-state index < -0.39 is 0 Å². The summed E-state index contributed by atoms with van der Waals surface area (Å²) >= 11 is 0. The molecule has 6 heteroatoms. The van der Waals surface area contributed by atoms with E-state index in [-0.39, 0.29) is 18.5 Å². The van der Waals surface area contributed by atoms with Crippen LogP contribution in [0.15, 0.2) is 24.3 Å². The van der Waals surface area contributed by atoms with E-state index in [0.29, 0.717) is 5.82 Å². The number of aryl methyl sites for hydroxylation is 1. The van der Waals surface area contributed by atoms with Crippen LogP contribution in [0.25, 0.3) is 11.4 Å². The molecule has 0 radical (unpaired) electrons. The van der Waals surface area contributed by atoms with Crippen molar-refractivity contribution in [2.45, 2.75) is 59.0 Å². The minimum absolute atomic E-state index is 0.0808. The first-order valence-electron chi connectivity index (χ1n) is 8.23. The van der Waals surface area contributed by atoms with Gasteiger partial charge in [0.05, 0.1) is 0 Å². The monoisotopic (exact) mass is 315 g/mol. The normalized spacial score (nSPS) is 12.1. The number of tetrazole rings is 1. The Balaban J connectivity index is 1.89. The smallest absolute Gasteiger partial charge is 0.243 e. The molecule has 1 aromatic heterocycles. The molecule has 124 valence electrons. The van der Waals surface area contributed by atoms with E-state index in [0.717, 1.165) is 24.0 Å². The van der Waals surface area contributed by atoms with E-state index in [1.165, 1.54) is 17.6 Å². The van der Waals surface area contributed by atoms with Crippen LogP contribution in [0.4, 0.5) is 0 Å². The van der Waals surface area contributed by atoms with Crippen LogP contribution in [0.2, 0.25) is 0 Å². The van der Waals surface area contributed by atoms with E-state index >= 15 is 0 Å². The topological polar surface area (TPSA) is 72.7 Å². The average molecular weight is 315 g/mol. The zero-order valence-corrected chi connectivity index (χ0v) is 14.1. The van der Waals surface area contributed by atoms with Crippen molar-refractivity contribution in [3.8, 4) is 11.4 Å². The number of carbonyl (C=O) groups is 1. The molecule has 1 unspecified atom stereocenters. The van der Waals surface area contributed by atoms with E-state index in [9.17, 15) is 4.79 Å². The average Bonchev–Trinajstić information content (AvgIpc) is 2.96. The van der Waals surface area contributed by atoms with Crippen LogP contribution in [0.1, 0.15) is 45.1 Å². The van der Waals surface area contributed by atoms with Crippen LogP contribution in [0.5, 0.6) is 0 Å². The van der Waals surface area contributed by atoms with Crippen molar-refractivity contribution in [1.82, 2.24) is 25.5 Å². The Kier molecular flexibility index (Phi) is 6.26. The highest BCUT2D eigenvalue weighted by Crippen LogP contribution is 2.17. The highest BCUT2D eigenvalue weighted by molar-refractivity contribution is 5.75. The fourth-order valence-electron chi connectivity index (χ4n) is 2.46. The molecular weight excluding hydrogens is 290 g/mol. The first-order chi connectivity index (χ1) is 11.1. The number of hydrogen-bond acceptors (Lipinski definition) is 4. The second-order valence-corrected chi connectivity index (χ2v) is 5.92. The predicted molar refractivity (Wildman–Crippen MR) is 89.7 cm³/mol. The maximum atomic E-state index is 12.0. The molecule has 1 heterocycles. The summed E-state index contributed by atoms with van der Waals surface area (Å²) in [5.74, 6) is 0.467. The Labute approximate surface area is 137 Å². The van der Waals surface area contributed by atoms with Gasteiger partial charge in [-0.25, -0.2) is 0 Å². The Morgan fingerprint density at radius 2 is 2.09 bits per heavy atom. The first kappa shape index (κ1) is 17.1. The summed E-state index contributed by atoms with van der Waals surface area (Å²) in [6.07, 6.45) is 4.52. The lowest BCUT2D eigenvalue weighted by Crippen LogP contribution is -2.35. The molecule has 23 heavy (non-hydrogen) atoms. The molecule has 0 fully saturated rings. The highest BCUT2D eigenvalue weighted by Gasteiger charge is 2.12. The van der Waals surface area contributed by atoms with Crippen molar-refractivity contribution in [3.05, 3.63) is 29.8 Å². The van der Waals surface area contributed by atoms with E-state index in [2.05, 4.69) is 27.7 Å². The van der Waals surface area contributed by atoms with Crippen molar-refractivity contribution < 1.29 is 4.79 Å². The minimum Gasteiger partial charge on any atom is -0.352 e. The fourth-order valence-corrected chi connectivity index (χ4v) is 2.46. The lowest BCUT2D eigenvalue weighted by atomic mass is 10.1. The van der Waals surface area contributed by atoms with Gasteiger partial charge in [0.2, 0.25) is 11.7 Å². The molecule has 2 aromatic rings. The van der Waals surface area contributed by atoms with Crippen molar-refractivity contribution >= 4 is 5.91 Å². The first-order valence-corrected chi connectivity index (χ1v) is 8.23. The maximum Gasteiger partial charge on any atom is 0.243 e. The van der Waals surface area contributed by atoms with Crippen molar-refractivity contribution in [3.63, 3.8) is 0 Å². The Bertz CT molecular complexity index is 637. The SMILES string of the molecule is CCCCCC(C)NC(=O)Cn1nnc(-c2ccccc2C)n1. The summed E-state index contributed by atoms with van der Waals surface area (Å²) in [6.45, 7) is 6.30. The van der Waals surface area contributed by atoms with Gasteiger partial charge in [-0.15, -0.1) is 10.2 Å². The number of aromatic nitrogens is 4. The molecule has 0 saturated carbocycles. The van der Waals surface area contributed by atoms with Gasteiger partial charge < -0.3 is 5.32 Å². The van der Waals surface area contributed by atoms with Crippen LogP contribution in [-0.4, -0.2) is 32.2 Å². The number of hydrogen-bond donors (Lipinski definition) is 1. The summed E-state index contributed by atoms with van der Waals surface area (Å²) in [5.41, 5.74) is 2.02. The molecule has 0 saturated heterocycles. The van der Waals surface area contributed by atoms with Crippen molar-refractivity contribution in [1.29, 1.82) is 0 Å². The number of nitrogens with zero attached hydrogens (tertiary/aromatic N) is 4. The molecule has 6 nitrogen and oxygen atoms in total. The van der Waals surface area contributed by atoms with Crippen LogP contribution in [0.3, 0.4) is 0 Å². The summed E-state index contributed by atoms with van der Waals surface area (Å²) in [7, 11) is 0. The summed E-state index contributed by atoms with van der Waals surface area (Å²) in [5, 5.41) is 15.3. The van der Waals surface area contributed by atoms with Gasteiger partial charge in [-0.3, -0.25) is 4.79 Å². The van der Waals surface area contributed by atoms with E-state index in [1.807, 2.05) is 38.1 Å². The van der Waals surface area contributed by atoms with Crippen molar-refractivity contribution in [2.24, 2.45) is 0 Å². The molecule has 0 aliphatic heterocycles. The molecule has 0 bridgehead atoms. The van der Waals surface area contributed by atoms with E-state index in [4.69, 9.17) is 0 Å². The van der Waals surface area contributed by atoms with Gasteiger partial charge in [0, 0.05) is 11.6 Å². The lowest BCUT2D eigenvalue weighted by molar-refractivity contribution is -0.122. The molecule has 0 aliphatic rings. The van der Waals surface area contributed by atoms with Gasteiger partial charge in [0.1, 0.15) is 6.54 Å². The predicted octanol–water partition coefficient (Wildman–Crippen LogP) is 2.73. The number of amides is 1. The standard InChI is InChI=1S/C17H25N5O/c1-4-5-6-10-14(3)18-16(23)12-22-20-17(19-21-22)15-11-8-7-9-13(15)2/h7-9,11,14H,4-6,10,12H2,1-3H3,(H,18,23). The van der Waals surface area contributed by atoms with Crippen LogP contribution in [0, 0.1) is 6.92 Å². The Hall–Kier alpha value is -2.24. The number of nitrogens with one attached hydrogen (secondary N) is 1. The van der Waals surface area contributed by atoms with Gasteiger partial charge in [-0.05, 0) is 31.0 Å². The molecule has 1 atom stereocenters. The molecule has 0 spiro atoms. The van der Waals surface area contributed by atoms with Gasteiger partial charge in [-0.1, -0.05) is 50.5 Å². The van der Waals surface area contributed by atoms with Crippen LogP contribution in [-0.2, 0) is 11.3 Å². The summed E-state index contributed by atoms with van der Waals surface area (Å²) < 4.78 is 0. The summed E-state index contributed by atoms with van der Waals surface area (Å²) in [4.78, 5) is 13.4. The maximum absolute atomic E-state index is 12.0. The summed E-state index contributed by atoms with van der Waals surface area (Å²) in [6, 6.07) is 8.03.